The lowest BCUT2D eigenvalue weighted by Gasteiger charge is -2.11. The van der Waals surface area contributed by atoms with Gasteiger partial charge >= 0.3 is 5.97 Å². The number of aromatic amines is 1. The molecule has 0 fully saturated rings. The van der Waals surface area contributed by atoms with Crippen LogP contribution in [0, 0.1) is 0 Å². The van der Waals surface area contributed by atoms with Crippen LogP contribution in [0.4, 0.5) is 0 Å². The molecule has 0 radical (unpaired) electrons. The molecule has 0 unspecified atom stereocenters. The number of carbonyl (C=O) groups is 1. The second-order valence-electron chi connectivity index (χ2n) is 8.29. The van der Waals surface area contributed by atoms with Crippen LogP contribution in [0.25, 0.3) is 33.7 Å². The Morgan fingerprint density at radius 3 is 2.82 bits per heavy atom. The third-order valence-corrected chi connectivity index (χ3v) is 5.69. The Kier molecular flexibility index (Phi) is 7.53. The van der Waals surface area contributed by atoms with E-state index in [1.165, 1.54) is 5.56 Å². The molecular weight excluding hydrogens is 454 g/mol. The van der Waals surface area contributed by atoms with Crippen LogP contribution in [-0.2, 0) is 16.0 Å². The average Bonchev–Trinajstić information content (AvgIpc) is 3.46. The lowest BCUT2D eigenvalue weighted by Crippen LogP contribution is -2.05. The normalized spacial score (nSPS) is 11.3. The predicted octanol–water partition coefficient (Wildman–Crippen LogP) is 6.60. The number of aryl methyl sites for hydroxylation is 1. The number of unbranched alkanes of at least 4 members (excludes halogenated alkanes) is 1. The zero-order valence-electron chi connectivity index (χ0n) is 19.6. The van der Waals surface area contributed by atoms with Gasteiger partial charge in [-0.2, -0.15) is 4.98 Å². The van der Waals surface area contributed by atoms with E-state index in [0.717, 1.165) is 41.3 Å². The Morgan fingerprint density at radius 1 is 1.21 bits per heavy atom. The van der Waals surface area contributed by atoms with Gasteiger partial charge in [-0.05, 0) is 69.9 Å². The summed E-state index contributed by atoms with van der Waals surface area (Å²) in [7, 11) is 0. The average molecular weight is 482 g/mol. The number of carbonyl (C=O) groups excluding carboxylic acids is 1. The molecule has 7 nitrogen and oxygen atoms in total. The number of rotatable bonds is 10. The summed E-state index contributed by atoms with van der Waals surface area (Å²) in [6.07, 6.45) is 5.04. The third-order valence-electron chi connectivity index (χ3n) is 5.39. The van der Waals surface area contributed by atoms with Crippen molar-refractivity contribution in [3.05, 3.63) is 53.2 Å². The van der Waals surface area contributed by atoms with Crippen LogP contribution in [0.15, 0.2) is 47.1 Å². The summed E-state index contributed by atoms with van der Waals surface area (Å²) in [6, 6.07) is 11.4. The molecule has 0 aliphatic rings. The van der Waals surface area contributed by atoms with E-state index in [-0.39, 0.29) is 12.1 Å². The molecule has 4 aromatic rings. The fourth-order valence-electron chi connectivity index (χ4n) is 3.86. The van der Waals surface area contributed by atoms with E-state index in [1.54, 1.807) is 12.1 Å². The van der Waals surface area contributed by atoms with Crippen molar-refractivity contribution in [1.29, 1.82) is 0 Å². The minimum Gasteiger partial charge on any atom is -0.489 e. The zero-order valence-corrected chi connectivity index (χ0v) is 20.3. The van der Waals surface area contributed by atoms with E-state index in [9.17, 15) is 4.79 Å². The van der Waals surface area contributed by atoms with Crippen LogP contribution in [0.5, 0.6) is 5.75 Å². The zero-order chi connectivity index (χ0) is 24.1. The smallest absolute Gasteiger partial charge is 0.305 e. The van der Waals surface area contributed by atoms with E-state index in [1.807, 2.05) is 45.2 Å². The first-order valence-corrected chi connectivity index (χ1v) is 11.9. The number of esters is 1. The number of halogens is 1. The van der Waals surface area contributed by atoms with Crippen molar-refractivity contribution >= 4 is 28.5 Å². The van der Waals surface area contributed by atoms with Gasteiger partial charge in [0.05, 0.1) is 23.3 Å². The molecule has 0 saturated heterocycles. The minimum absolute atomic E-state index is 0.0297. The Balaban J connectivity index is 1.51. The maximum atomic E-state index is 11.5. The minimum atomic E-state index is -0.139. The van der Waals surface area contributed by atoms with Crippen molar-refractivity contribution in [3.8, 4) is 28.6 Å². The number of aromatic nitrogens is 3. The molecule has 2 aromatic heterocycles. The molecule has 34 heavy (non-hydrogen) atoms. The van der Waals surface area contributed by atoms with Crippen LogP contribution >= 0.6 is 11.6 Å². The first-order valence-electron chi connectivity index (χ1n) is 11.5. The van der Waals surface area contributed by atoms with E-state index in [2.05, 4.69) is 21.2 Å². The van der Waals surface area contributed by atoms with Crippen molar-refractivity contribution < 1.29 is 18.8 Å². The summed E-state index contributed by atoms with van der Waals surface area (Å²) in [6.45, 7) is 6.14. The topological polar surface area (TPSA) is 90.2 Å². The monoisotopic (exact) mass is 481 g/mol. The summed E-state index contributed by atoms with van der Waals surface area (Å²) >= 11 is 6.37. The van der Waals surface area contributed by atoms with E-state index < -0.39 is 0 Å². The van der Waals surface area contributed by atoms with Gasteiger partial charge in [-0.1, -0.05) is 28.9 Å². The van der Waals surface area contributed by atoms with Gasteiger partial charge in [0, 0.05) is 29.1 Å². The molecular formula is C26H28ClN3O4. The summed E-state index contributed by atoms with van der Waals surface area (Å²) < 4.78 is 16.2. The molecule has 4 rings (SSSR count). The van der Waals surface area contributed by atoms with Gasteiger partial charge in [-0.3, -0.25) is 4.79 Å². The fourth-order valence-corrected chi connectivity index (χ4v) is 4.08. The Labute approximate surface area is 203 Å². The van der Waals surface area contributed by atoms with E-state index >= 15 is 0 Å². The number of nitrogens with one attached hydrogen (secondary N) is 1. The van der Waals surface area contributed by atoms with Crippen molar-refractivity contribution in [2.24, 2.45) is 0 Å². The molecule has 0 spiro atoms. The highest BCUT2D eigenvalue weighted by Crippen LogP contribution is 2.33. The largest absolute Gasteiger partial charge is 0.489 e. The van der Waals surface area contributed by atoms with Gasteiger partial charge < -0.3 is 19.0 Å². The Hall–Kier alpha value is -3.32. The second-order valence-corrected chi connectivity index (χ2v) is 8.70. The number of benzene rings is 2. The molecule has 1 N–H and O–H groups in total. The maximum absolute atomic E-state index is 11.5. The molecule has 0 atom stereocenters. The summed E-state index contributed by atoms with van der Waals surface area (Å²) in [5.74, 6) is 1.36. The van der Waals surface area contributed by atoms with E-state index in [0.29, 0.717) is 35.5 Å². The SMILES string of the molecule is CCOC(=O)CCCCc1c[nH]c2c(-c3noc(-c4ccc(OC(C)C)c(Cl)c4)n3)cccc12. The first-order chi connectivity index (χ1) is 16.5. The molecule has 0 amide bonds. The molecule has 8 heteroatoms. The number of hydrogen-bond donors (Lipinski definition) is 1. The van der Waals surface area contributed by atoms with Crippen LogP contribution in [0.1, 0.15) is 45.6 Å². The summed E-state index contributed by atoms with van der Waals surface area (Å²) in [5.41, 5.74) is 3.72. The highest BCUT2D eigenvalue weighted by Gasteiger charge is 2.16. The second kappa shape index (κ2) is 10.7. The Morgan fingerprint density at radius 2 is 2.06 bits per heavy atom. The van der Waals surface area contributed by atoms with Gasteiger partial charge in [0.25, 0.3) is 5.89 Å². The number of fused-ring (bicyclic) bond motifs is 1. The molecule has 0 bridgehead atoms. The number of ether oxygens (including phenoxy) is 2. The van der Waals surface area contributed by atoms with Crippen LogP contribution in [0.3, 0.4) is 0 Å². The number of hydrogen-bond acceptors (Lipinski definition) is 6. The van der Waals surface area contributed by atoms with Crippen molar-refractivity contribution in [3.63, 3.8) is 0 Å². The summed E-state index contributed by atoms with van der Waals surface area (Å²) in [4.78, 5) is 19.5. The van der Waals surface area contributed by atoms with Gasteiger partial charge in [-0.25, -0.2) is 0 Å². The van der Waals surface area contributed by atoms with E-state index in [4.69, 9.17) is 25.6 Å². The molecule has 2 heterocycles. The van der Waals surface area contributed by atoms with Gasteiger partial charge in [0.2, 0.25) is 5.82 Å². The van der Waals surface area contributed by atoms with Gasteiger partial charge in [0.15, 0.2) is 0 Å². The Bertz CT molecular complexity index is 1280. The van der Waals surface area contributed by atoms with Crippen LogP contribution in [0.2, 0.25) is 5.02 Å². The standard InChI is InChI=1S/C26H28ClN3O4/c1-4-32-23(31)11-6-5-8-18-15-28-24-19(18)9-7-10-20(24)25-29-26(34-30-25)17-12-13-22(21(27)14-17)33-16(2)3/h7,9-10,12-16,28H,4-6,8,11H2,1-3H3. The fraction of sp³-hybridized carbons (Fsp3) is 0.346. The first kappa shape index (κ1) is 23.8. The molecule has 0 saturated carbocycles. The number of nitrogens with zero attached hydrogens (tertiary/aromatic N) is 2. The van der Waals surface area contributed by atoms with Crippen LogP contribution in [-0.4, -0.2) is 33.8 Å². The van der Waals surface area contributed by atoms with Crippen molar-refractivity contribution in [2.45, 2.75) is 52.6 Å². The van der Waals surface area contributed by atoms with Gasteiger partial charge in [0.1, 0.15) is 5.75 Å². The van der Waals surface area contributed by atoms with Crippen molar-refractivity contribution in [1.82, 2.24) is 15.1 Å². The molecule has 0 aliphatic heterocycles. The highest BCUT2D eigenvalue weighted by atomic mass is 35.5. The van der Waals surface area contributed by atoms with Crippen LogP contribution < -0.4 is 4.74 Å². The molecule has 2 aromatic carbocycles. The van der Waals surface area contributed by atoms with Gasteiger partial charge in [-0.15, -0.1) is 0 Å². The van der Waals surface area contributed by atoms with Crippen molar-refractivity contribution in [2.75, 3.05) is 6.61 Å². The predicted molar refractivity (Wildman–Crippen MR) is 132 cm³/mol. The third kappa shape index (κ3) is 5.42. The summed E-state index contributed by atoms with van der Waals surface area (Å²) in [5, 5.41) is 5.80. The highest BCUT2D eigenvalue weighted by molar-refractivity contribution is 6.32. The number of para-hydroxylation sites is 1. The molecule has 0 aliphatic carbocycles. The molecule has 178 valence electrons. The lowest BCUT2D eigenvalue weighted by atomic mass is 10.0. The quantitative estimate of drug-likeness (QED) is 0.202. The number of H-pyrrole nitrogens is 1. The lowest BCUT2D eigenvalue weighted by molar-refractivity contribution is -0.143. The maximum Gasteiger partial charge on any atom is 0.305 e.